The van der Waals surface area contributed by atoms with E-state index >= 15 is 0 Å². The Hall–Kier alpha value is -1.80. The van der Waals surface area contributed by atoms with Crippen molar-refractivity contribution in [1.29, 1.82) is 0 Å². The summed E-state index contributed by atoms with van der Waals surface area (Å²) in [4.78, 5) is 2.10. The molecule has 0 aromatic heterocycles. The van der Waals surface area contributed by atoms with E-state index in [-0.39, 0.29) is 0 Å². The quantitative estimate of drug-likeness (QED) is 0.744. The Labute approximate surface area is 128 Å². The zero-order valence-corrected chi connectivity index (χ0v) is 13.2. The lowest BCUT2D eigenvalue weighted by molar-refractivity contribution is 1.12. The third-order valence-corrected chi connectivity index (χ3v) is 4.13. The second kappa shape index (κ2) is 5.29. The maximum absolute atomic E-state index is 3.64. The first-order chi connectivity index (χ1) is 9.65. The van der Waals surface area contributed by atoms with Crippen molar-refractivity contribution in [2.45, 2.75) is 0 Å². The van der Waals surface area contributed by atoms with E-state index in [1.807, 2.05) is 14.1 Å². The van der Waals surface area contributed by atoms with Gasteiger partial charge in [0.05, 0.1) is 5.69 Å². The topological polar surface area (TPSA) is 3.24 Å². The standard InChI is InChI=1S/C18H16BrN/c1-20(2)18-10-7-13(12-17(18)19)11-15-9-8-14-5-3-4-6-16(14)15/h3-12H,1-2H3. The number of rotatable bonds is 2. The van der Waals surface area contributed by atoms with Crippen molar-refractivity contribution in [1.82, 2.24) is 0 Å². The predicted molar refractivity (Wildman–Crippen MR) is 91.8 cm³/mol. The average molecular weight is 326 g/mol. The van der Waals surface area contributed by atoms with Crippen LogP contribution in [0.1, 0.15) is 16.7 Å². The first-order valence-electron chi connectivity index (χ1n) is 6.61. The van der Waals surface area contributed by atoms with E-state index in [1.54, 1.807) is 0 Å². The summed E-state index contributed by atoms with van der Waals surface area (Å²) in [6.07, 6.45) is 6.58. The number of hydrogen-bond acceptors (Lipinski definition) is 1. The van der Waals surface area contributed by atoms with Crippen molar-refractivity contribution >= 4 is 39.3 Å². The molecule has 0 N–H and O–H groups in total. The summed E-state index contributed by atoms with van der Waals surface area (Å²) < 4.78 is 1.12. The fraction of sp³-hybridized carbons (Fsp3) is 0.111. The first kappa shape index (κ1) is 13.2. The molecule has 1 aliphatic rings. The third kappa shape index (κ3) is 2.44. The highest BCUT2D eigenvalue weighted by atomic mass is 79.9. The van der Waals surface area contributed by atoms with Gasteiger partial charge in [0, 0.05) is 18.6 Å². The molecule has 0 saturated heterocycles. The van der Waals surface area contributed by atoms with E-state index in [2.05, 4.69) is 81.5 Å². The monoisotopic (exact) mass is 325 g/mol. The van der Waals surface area contributed by atoms with Crippen LogP contribution in [0.25, 0.3) is 17.7 Å². The molecule has 0 heterocycles. The van der Waals surface area contributed by atoms with E-state index in [0.29, 0.717) is 0 Å². The van der Waals surface area contributed by atoms with Crippen LogP contribution in [0.3, 0.4) is 0 Å². The Kier molecular flexibility index (Phi) is 3.49. The normalized spacial score (nSPS) is 14.7. The van der Waals surface area contributed by atoms with Crippen LogP contribution in [-0.4, -0.2) is 14.1 Å². The van der Waals surface area contributed by atoms with Gasteiger partial charge in [-0.1, -0.05) is 42.5 Å². The largest absolute Gasteiger partial charge is 0.377 e. The molecule has 0 saturated carbocycles. The van der Waals surface area contributed by atoms with Gasteiger partial charge in [-0.2, -0.15) is 0 Å². The molecule has 0 radical (unpaired) electrons. The molecule has 0 atom stereocenters. The molecule has 0 spiro atoms. The van der Waals surface area contributed by atoms with Gasteiger partial charge in [0.15, 0.2) is 0 Å². The molecule has 100 valence electrons. The van der Waals surface area contributed by atoms with Gasteiger partial charge in [-0.15, -0.1) is 0 Å². The molecule has 2 aromatic carbocycles. The molecule has 0 unspecified atom stereocenters. The molecular formula is C18H16BrN. The van der Waals surface area contributed by atoms with Gasteiger partial charge >= 0.3 is 0 Å². The van der Waals surface area contributed by atoms with Crippen molar-refractivity contribution in [2.24, 2.45) is 0 Å². The molecule has 20 heavy (non-hydrogen) atoms. The molecule has 3 rings (SSSR count). The highest BCUT2D eigenvalue weighted by molar-refractivity contribution is 9.10. The number of nitrogens with zero attached hydrogens (tertiary/aromatic N) is 1. The van der Waals surface area contributed by atoms with Gasteiger partial charge in [-0.3, -0.25) is 0 Å². The van der Waals surface area contributed by atoms with E-state index in [0.717, 1.165) is 4.47 Å². The summed E-state index contributed by atoms with van der Waals surface area (Å²) in [6.45, 7) is 0. The van der Waals surface area contributed by atoms with Crippen molar-refractivity contribution in [3.63, 3.8) is 0 Å². The minimum atomic E-state index is 1.12. The SMILES string of the molecule is CN(C)c1ccc(C=C2C=Cc3ccccc32)cc1Br. The van der Waals surface area contributed by atoms with Crippen LogP contribution >= 0.6 is 15.9 Å². The maximum Gasteiger partial charge on any atom is 0.0505 e. The van der Waals surface area contributed by atoms with E-state index in [9.17, 15) is 0 Å². The summed E-state index contributed by atoms with van der Waals surface area (Å²) in [5.74, 6) is 0. The van der Waals surface area contributed by atoms with Crippen LogP contribution in [0, 0.1) is 0 Å². The van der Waals surface area contributed by atoms with E-state index in [4.69, 9.17) is 0 Å². The maximum atomic E-state index is 3.64. The Morgan fingerprint density at radius 2 is 1.80 bits per heavy atom. The lowest BCUT2D eigenvalue weighted by atomic mass is 10.0. The fourth-order valence-electron chi connectivity index (χ4n) is 2.46. The fourth-order valence-corrected chi connectivity index (χ4v) is 3.21. The van der Waals surface area contributed by atoms with E-state index < -0.39 is 0 Å². The Balaban J connectivity index is 1.98. The number of halogens is 1. The predicted octanol–water partition coefficient (Wildman–Crippen LogP) is 5.08. The second-order valence-corrected chi connectivity index (χ2v) is 5.98. The Morgan fingerprint density at radius 3 is 2.55 bits per heavy atom. The molecular weight excluding hydrogens is 310 g/mol. The van der Waals surface area contributed by atoms with Crippen LogP contribution in [0.4, 0.5) is 5.69 Å². The highest BCUT2D eigenvalue weighted by Gasteiger charge is 2.09. The molecule has 0 bridgehead atoms. The molecule has 1 aliphatic carbocycles. The van der Waals surface area contributed by atoms with Crippen molar-refractivity contribution in [3.8, 4) is 0 Å². The van der Waals surface area contributed by atoms with Crippen LogP contribution in [-0.2, 0) is 0 Å². The summed E-state index contributed by atoms with van der Waals surface area (Å²) in [6, 6.07) is 14.9. The highest BCUT2D eigenvalue weighted by Crippen LogP contribution is 2.32. The van der Waals surface area contributed by atoms with Gasteiger partial charge in [0.25, 0.3) is 0 Å². The minimum absolute atomic E-state index is 1.12. The summed E-state index contributed by atoms with van der Waals surface area (Å²) >= 11 is 3.64. The molecule has 0 amide bonds. The van der Waals surface area contributed by atoms with E-state index in [1.165, 1.54) is 28.0 Å². The van der Waals surface area contributed by atoms with Crippen molar-refractivity contribution in [2.75, 3.05) is 19.0 Å². The van der Waals surface area contributed by atoms with Gasteiger partial charge in [0.1, 0.15) is 0 Å². The van der Waals surface area contributed by atoms with Gasteiger partial charge in [-0.25, -0.2) is 0 Å². The molecule has 0 fully saturated rings. The van der Waals surface area contributed by atoms with Crippen LogP contribution in [0.15, 0.2) is 53.0 Å². The van der Waals surface area contributed by atoms with Crippen LogP contribution < -0.4 is 4.90 Å². The third-order valence-electron chi connectivity index (χ3n) is 3.49. The molecule has 2 heteroatoms. The number of fused-ring (bicyclic) bond motifs is 1. The number of benzene rings is 2. The van der Waals surface area contributed by atoms with Crippen LogP contribution in [0.5, 0.6) is 0 Å². The zero-order chi connectivity index (χ0) is 14.1. The van der Waals surface area contributed by atoms with Gasteiger partial charge < -0.3 is 4.90 Å². The number of allylic oxidation sites excluding steroid dienone is 2. The number of hydrogen-bond donors (Lipinski definition) is 0. The Bertz CT molecular complexity index is 711. The summed E-state index contributed by atoms with van der Waals surface area (Å²) in [5.41, 5.74) is 6.27. The lowest BCUT2D eigenvalue weighted by Gasteiger charge is -2.14. The minimum Gasteiger partial charge on any atom is -0.377 e. The zero-order valence-electron chi connectivity index (χ0n) is 11.6. The second-order valence-electron chi connectivity index (χ2n) is 5.13. The molecule has 0 aliphatic heterocycles. The smallest absolute Gasteiger partial charge is 0.0505 e. The molecule has 1 nitrogen and oxygen atoms in total. The number of anilines is 1. The van der Waals surface area contributed by atoms with Gasteiger partial charge in [-0.05, 0) is 56.4 Å². The first-order valence-corrected chi connectivity index (χ1v) is 7.40. The lowest BCUT2D eigenvalue weighted by Crippen LogP contribution is -2.09. The van der Waals surface area contributed by atoms with Crippen LogP contribution in [0.2, 0.25) is 0 Å². The molecule has 2 aromatic rings. The average Bonchev–Trinajstić information content (AvgIpc) is 2.82. The van der Waals surface area contributed by atoms with Crippen molar-refractivity contribution < 1.29 is 0 Å². The summed E-state index contributed by atoms with van der Waals surface area (Å²) in [5, 5.41) is 0. The summed E-state index contributed by atoms with van der Waals surface area (Å²) in [7, 11) is 4.10. The van der Waals surface area contributed by atoms with Crippen molar-refractivity contribution in [3.05, 3.63) is 69.7 Å². The van der Waals surface area contributed by atoms with Gasteiger partial charge in [0.2, 0.25) is 0 Å². The Morgan fingerprint density at radius 1 is 1.00 bits per heavy atom.